The molecular formula is C22H28N4O5S2. The number of thiazole rings is 1. The molecule has 178 valence electrons. The van der Waals surface area contributed by atoms with Gasteiger partial charge in [-0.15, -0.1) is 11.3 Å². The molecule has 1 aliphatic carbocycles. The molecule has 0 radical (unpaired) electrons. The van der Waals surface area contributed by atoms with Gasteiger partial charge < -0.3 is 15.0 Å². The summed E-state index contributed by atoms with van der Waals surface area (Å²) in [5, 5.41) is 5.39. The van der Waals surface area contributed by atoms with Gasteiger partial charge in [-0.3, -0.25) is 9.59 Å². The van der Waals surface area contributed by atoms with Crippen molar-refractivity contribution >= 4 is 44.0 Å². The molecular weight excluding hydrogens is 464 g/mol. The van der Waals surface area contributed by atoms with Crippen LogP contribution in [0.15, 0.2) is 28.5 Å². The summed E-state index contributed by atoms with van der Waals surface area (Å²) in [5.41, 5.74) is 1.35. The van der Waals surface area contributed by atoms with Gasteiger partial charge in [-0.25, -0.2) is 18.1 Å². The highest BCUT2D eigenvalue weighted by Gasteiger charge is 2.29. The lowest BCUT2D eigenvalue weighted by atomic mass is 9.81. The number of fused-ring (bicyclic) bond motifs is 1. The minimum Gasteiger partial charge on any atom is -0.490 e. The number of anilines is 2. The molecule has 0 unspecified atom stereocenters. The van der Waals surface area contributed by atoms with Crippen LogP contribution >= 0.6 is 11.3 Å². The number of carbonyl (C=O) groups excluding carboxylic acids is 2. The second-order valence-corrected chi connectivity index (χ2v) is 11.1. The van der Waals surface area contributed by atoms with Crippen LogP contribution in [-0.2, 0) is 19.6 Å². The van der Waals surface area contributed by atoms with E-state index in [9.17, 15) is 18.0 Å². The van der Waals surface area contributed by atoms with Crippen molar-refractivity contribution in [3.05, 3.63) is 29.3 Å². The molecule has 2 aliphatic rings. The van der Waals surface area contributed by atoms with E-state index in [1.165, 1.54) is 35.3 Å². The molecule has 1 aliphatic heterocycles. The average Bonchev–Trinajstić information content (AvgIpc) is 3.21. The normalized spacial score (nSPS) is 20.6. The third-order valence-corrected chi connectivity index (χ3v) is 8.41. The third kappa shape index (κ3) is 5.53. The highest BCUT2D eigenvalue weighted by molar-refractivity contribution is 7.89. The van der Waals surface area contributed by atoms with Crippen molar-refractivity contribution in [1.82, 2.24) is 9.71 Å². The number of sulfonamides is 1. The topological polar surface area (TPSA) is 118 Å². The molecule has 2 aromatic rings. The number of ether oxygens (including phenoxy) is 1. The summed E-state index contributed by atoms with van der Waals surface area (Å²) < 4.78 is 34.0. The van der Waals surface area contributed by atoms with Gasteiger partial charge in [0.2, 0.25) is 21.8 Å². The Kier molecular flexibility index (Phi) is 7.01. The Labute approximate surface area is 197 Å². The molecule has 1 aromatic carbocycles. The van der Waals surface area contributed by atoms with E-state index in [0.29, 0.717) is 49.1 Å². The van der Waals surface area contributed by atoms with Crippen LogP contribution < -0.4 is 19.7 Å². The van der Waals surface area contributed by atoms with Crippen LogP contribution in [0.25, 0.3) is 0 Å². The van der Waals surface area contributed by atoms with Crippen LogP contribution in [0.4, 0.5) is 10.8 Å². The number of aryl methyl sites for hydroxylation is 1. The number of nitrogens with zero attached hydrogens (tertiary/aromatic N) is 2. The fourth-order valence-electron chi connectivity index (χ4n) is 4.25. The van der Waals surface area contributed by atoms with Crippen LogP contribution in [-0.4, -0.2) is 44.9 Å². The molecule has 2 heterocycles. The monoisotopic (exact) mass is 492 g/mol. The number of aromatic nitrogens is 1. The zero-order chi connectivity index (χ0) is 23.6. The zero-order valence-corrected chi connectivity index (χ0v) is 20.3. The number of nitrogens with one attached hydrogen (secondary N) is 2. The lowest BCUT2D eigenvalue weighted by Crippen LogP contribution is -2.37. The summed E-state index contributed by atoms with van der Waals surface area (Å²) in [6, 6.07) is 4.57. The van der Waals surface area contributed by atoms with E-state index in [1.807, 2.05) is 12.3 Å². The Bertz CT molecular complexity index is 1140. The van der Waals surface area contributed by atoms with Gasteiger partial charge in [0.25, 0.3) is 0 Å². The first-order valence-corrected chi connectivity index (χ1v) is 13.4. The highest BCUT2D eigenvalue weighted by atomic mass is 32.2. The predicted octanol–water partition coefficient (Wildman–Crippen LogP) is 2.92. The largest absolute Gasteiger partial charge is 0.490 e. The average molecular weight is 493 g/mol. The summed E-state index contributed by atoms with van der Waals surface area (Å²) in [6.07, 6.45) is 2.97. The molecule has 9 nitrogen and oxygen atoms in total. The van der Waals surface area contributed by atoms with Crippen molar-refractivity contribution in [2.75, 3.05) is 29.9 Å². The number of hydrogen-bond donors (Lipinski definition) is 2. The Balaban J connectivity index is 1.32. The van der Waals surface area contributed by atoms with Gasteiger partial charge in [0, 0.05) is 24.8 Å². The Morgan fingerprint density at radius 1 is 1.24 bits per heavy atom. The van der Waals surface area contributed by atoms with Crippen molar-refractivity contribution in [3.63, 3.8) is 0 Å². The van der Waals surface area contributed by atoms with Gasteiger partial charge in [-0.2, -0.15) is 0 Å². The minimum atomic E-state index is -3.74. The van der Waals surface area contributed by atoms with Gasteiger partial charge in [0.05, 0.1) is 22.8 Å². The first kappa shape index (κ1) is 23.7. The molecule has 1 saturated carbocycles. The van der Waals surface area contributed by atoms with Crippen LogP contribution in [0.3, 0.4) is 0 Å². The van der Waals surface area contributed by atoms with E-state index >= 15 is 0 Å². The third-order valence-electron chi connectivity index (χ3n) is 6.11. The quantitative estimate of drug-likeness (QED) is 0.640. The molecule has 2 amide bonds. The molecule has 0 atom stereocenters. The summed E-state index contributed by atoms with van der Waals surface area (Å²) in [4.78, 5) is 30.3. The standard InChI is InChI=1S/C22H28N4O5S2/c1-14-13-32-22(24-14)25-21(28)17-5-3-16(4-6-17)12-23-33(29,30)18-7-8-20-19(11-18)26(15(2)27)9-10-31-20/h7-8,11,13,16-17,23H,3-6,9-10,12H2,1-2H3,(H,24,25,28). The van der Waals surface area contributed by atoms with Crippen molar-refractivity contribution in [2.24, 2.45) is 11.8 Å². The number of amides is 2. The van der Waals surface area contributed by atoms with E-state index in [2.05, 4.69) is 15.0 Å². The maximum Gasteiger partial charge on any atom is 0.240 e. The molecule has 33 heavy (non-hydrogen) atoms. The van der Waals surface area contributed by atoms with E-state index in [-0.39, 0.29) is 28.5 Å². The molecule has 1 fully saturated rings. The van der Waals surface area contributed by atoms with Crippen molar-refractivity contribution in [3.8, 4) is 5.75 Å². The van der Waals surface area contributed by atoms with Gasteiger partial charge in [-0.05, 0) is 56.7 Å². The summed E-state index contributed by atoms with van der Waals surface area (Å²) in [5.74, 6) is 0.406. The number of rotatable bonds is 6. The van der Waals surface area contributed by atoms with E-state index in [4.69, 9.17) is 4.74 Å². The molecule has 0 bridgehead atoms. The Hall–Kier alpha value is -2.50. The maximum absolute atomic E-state index is 12.9. The van der Waals surface area contributed by atoms with Crippen LogP contribution in [0.1, 0.15) is 38.3 Å². The summed E-state index contributed by atoms with van der Waals surface area (Å²) >= 11 is 1.41. The second-order valence-electron chi connectivity index (χ2n) is 8.50. The molecule has 2 N–H and O–H groups in total. The molecule has 0 spiro atoms. The van der Waals surface area contributed by atoms with Gasteiger partial charge in [-0.1, -0.05) is 0 Å². The van der Waals surface area contributed by atoms with Gasteiger partial charge >= 0.3 is 0 Å². The molecule has 11 heteroatoms. The lowest BCUT2D eigenvalue weighted by molar-refractivity contribution is -0.121. The molecule has 4 rings (SSSR count). The van der Waals surface area contributed by atoms with Crippen molar-refractivity contribution < 1.29 is 22.7 Å². The van der Waals surface area contributed by atoms with E-state index < -0.39 is 10.0 Å². The van der Waals surface area contributed by atoms with Crippen LogP contribution in [0.5, 0.6) is 5.75 Å². The van der Waals surface area contributed by atoms with E-state index in [0.717, 1.165) is 18.5 Å². The van der Waals surface area contributed by atoms with Crippen molar-refractivity contribution in [1.29, 1.82) is 0 Å². The SMILES string of the molecule is CC(=O)N1CCOc2ccc(S(=O)(=O)NCC3CCC(C(=O)Nc4nc(C)cs4)CC3)cc21. The van der Waals surface area contributed by atoms with Gasteiger partial charge in [0.15, 0.2) is 5.13 Å². The number of hydrogen-bond acceptors (Lipinski definition) is 7. The van der Waals surface area contributed by atoms with Crippen LogP contribution in [0, 0.1) is 18.8 Å². The fourth-order valence-corrected chi connectivity index (χ4v) is 6.08. The molecule has 0 saturated heterocycles. The Morgan fingerprint density at radius 2 is 2.00 bits per heavy atom. The van der Waals surface area contributed by atoms with E-state index in [1.54, 1.807) is 6.07 Å². The Morgan fingerprint density at radius 3 is 2.67 bits per heavy atom. The predicted molar refractivity (Wildman–Crippen MR) is 126 cm³/mol. The second kappa shape index (κ2) is 9.78. The van der Waals surface area contributed by atoms with Gasteiger partial charge in [0.1, 0.15) is 12.4 Å². The summed E-state index contributed by atoms with van der Waals surface area (Å²) in [7, 11) is -3.74. The molecule has 1 aromatic heterocycles. The number of carbonyl (C=O) groups is 2. The summed E-state index contributed by atoms with van der Waals surface area (Å²) in [6.45, 7) is 4.41. The first-order chi connectivity index (χ1) is 15.7. The fraction of sp³-hybridized carbons (Fsp3) is 0.500. The van der Waals surface area contributed by atoms with Crippen LogP contribution in [0.2, 0.25) is 0 Å². The van der Waals surface area contributed by atoms with Crippen molar-refractivity contribution in [2.45, 2.75) is 44.4 Å². The highest BCUT2D eigenvalue weighted by Crippen LogP contribution is 2.34. The first-order valence-electron chi connectivity index (χ1n) is 11.0. The minimum absolute atomic E-state index is 0.0188. The lowest BCUT2D eigenvalue weighted by Gasteiger charge is -2.29. The maximum atomic E-state index is 12.9. The zero-order valence-electron chi connectivity index (χ0n) is 18.7. The smallest absolute Gasteiger partial charge is 0.240 e. The number of benzene rings is 1.